The van der Waals surface area contributed by atoms with E-state index < -0.39 is 10.0 Å². The highest BCUT2D eigenvalue weighted by molar-refractivity contribution is 7.89. The molecule has 0 saturated heterocycles. The van der Waals surface area contributed by atoms with Crippen LogP contribution >= 0.6 is 0 Å². The molecule has 2 unspecified atom stereocenters. The van der Waals surface area contributed by atoms with Gasteiger partial charge >= 0.3 is 0 Å². The van der Waals surface area contributed by atoms with E-state index in [1.54, 1.807) is 24.3 Å². The number of nitrogens with two attached hydrogens (primary N) is 1. The molecule has 0 aromatic heterocycles. The minimum atomic E-state index is -3.41. The lowest BCUT2D eigenvalue weighted by Gasteiger charge is -2.16. The summed E-state index contributed by atoms with van der Waals surface area (Å²) in [6.45, 7) is 2.66. The van der Waals surface area contributed by atoms with Crippen molar-refractivity contribution in [2.24, 2.45) is 11.7 Å². The van der Waals surface area contributed by atoms with Crippen molar-refractivity contribution in [1.82, 2.24) is 4.72 Å². The van der Waals surface area contributed by atoms with Gasteiger partial charge in [-0.25, -0.2) is 13.1 Å². The van der Waals surface area contributed by atoms with Gasteiger partial charge in [-0.1, -0.05) is 31.9 Å². The Balaban J connectivity index is 2.05. The maximum Gasteiger partial charge on any atom is 0.240 e. The van der Waals surface area contributed by atoms with Crippen LogP contribution in [0.3, 0.4) is 0 Å². The van der Waals surface area contributed by atoms with Crippen molar-refractivity contribution in [2.75, 3.05) is 0 Å². The summed E-state index contributed by atoms with van der Waals surface area (Å²) < 4.78 is 27.6. The van der Waals surface area contributed by atoms with Gasteiger partial charge in [0.05, 0.1) is 4.90 Å². The molecule has 4 nitrogen and oxygen atoms in total. The quantitative estimate of drug-likeness (QED) is 0.838. The van der Waals surface area contributed by atoms with Crippen LogP contribution in [0.4, 0.5) is 0 Å². The molecular formula is C15H24N2O2S. The molecule has 1 aromatic carbocycles. The Morgan fingerprint density at radius 3 is 2.50 bits per heavy atom. The van der Waals surface area contributed by atoms with Gasteiger partial charge in [0.15, 0.2) is 0 Å². The van der Waals surface area contributed by atoms with Gasteiger partial charge < -0.3 is 5.73 Å². The zero-order valence-corrected chi connectivity index (χ0v) is 12.8. The summed E-state index contributed by atoms with van der Waals surface area (Å²) in [5.74, 6) is 0.702. The Hall–Kier alpha value is -0.910. The molecule has 5 heteroatoms. The van der Waals surface area contributed by atoms with Crippen molar-refractivity contribution < 1.29 is 8.42 Å². The average Bonchev–Trinajstić information content (AvgIpc) is 2.63. The molecule has 1 saturated carbocycles. The minimum Gasteiger partial charge on any atom is -0.326 e. The first kappa shape index (κ1) is 15.5. The van der Waals surface area contributed by atoms with E-state index in [-0.39, 0.29) is 6.04 Å². The number of nitrogens with one attached hydrogen (secondary N) is 1. The molecule has 1 aliphatic rings. The standard InChI is InChI=1S/C15H24N2O2S/c1-12-3-2-4-14(8-5-12)17-20(18,19)15-9-6-13(11-16)7-10-15/h6-7,9-10,12,14,17H,2-5,8,11,16H2,1H3. The zero-order chi connectivity index (χ0) is 14.6. The van der Waals surface area contributed by atoms with Crippen LogP contribution in [0.2, 0.25) is 0 Å². The smallest absolute Gasteiger partial charge is 0.240 e. The summed E-state index contributed by atoms with van der Waals surface area (Å²) in [6, 6.07) is 6.86. The Morgan fingerprint density at radius 2 is 1.85 bits per heavy atom. The first-order valence-corrected chi connectivity index (χ1v) is 8.81. The van der Waals surface area contributed by atoms with Crippen LogP contribution in [0.5, 0.6) is 0 Å². The molecule has 20 heavy (non-hydrogen) atoms. The zero-order valence-electron chi connectivity index (χ0n) is 12.0. The van der Waals surface area contributed by atoms with Crippen LogP contribution in [0.25, 0.3) is 0 Å². The fourth-order valence-corrected chi connectivity index (χ4v) is 4.00. The van der Waals surface area contributed by atoms with E-state index in [1.807, 2.05) is 0 Å². The summed E-state index contributed by atoms with van der Waals surface area (Å²) >= 11 is 0. The second-order valence-electron chi connectivity index (χ2n) is 5.78. The lowest BCUT2D eigenvalue weighted by atomic mass is 10.0. The second-order valence-corrected chi connectivity index (χ2v) is 7.49. The molecule has 1 fully saturated rings. The normalized spacial score (nSPS) is 24.3. The van der Waals surface area contributed by atoms with Crippen molar-refractivity contribution in [3.05, 3.63) is 29.8 Å². The topological polar surface area (TPSA) is 72.2 Å². The minimum absolute atomic E-state index is 0.0686. The van der Waals surface area contributed by atoms with E-state index in [1.165, 1.54) is 6.42 Å². The van der Waals surface area contributed by atoms with Gasteiger partial charge in [0, 0.05) is 12.6 Å². The fraction of sp³-hybridized carbons (Fsp3) is 0.600. The number of hydrogen-bond donors (Lipinski definition) is 2. The predicted molar refractivity (Wildman–Crippen MR) is 80.7 cm³/mol. The fourth-order valence-electron chi connectivity index (χ4n) is 2.70. The predicted octanol–water partition coefficient (Wildman–Crippen LogP) is 2.39. The first-order valence-electron chi connectivity index (χ1n) is 7.32. The van der Waals surface area contributed by atoms with Crippen molar-refractivity contribution in [1.29, 1.82) is 0 Å². The molecule has 0 amide bonds. The van der Waals surface area contributed by atoms with Crippen LogP contribution in [0.1, 0.15) is 44.6 Å². The van der Waals surface area contributed by atoms with E-state index in [0.29, 0.717) is 17.4 Å². The van der Waals surface area contributed by atoms with E-state index in [0.717, 1.165) is 31.2 Å². The van der Waals surface area contributed by atoms with Gasteiger partial charge in [-0.2, -0.15) is 0 Å². The molecule has 2 atom stereocenters. The van der Waals surface area contributed by atoms with Crippen LogP contribution in [-0.4, -0.2) is 14.5 Å². The number of hydrogen-bond acceptors (Lipinski definition) is 3. The number of rotatable bonds is 4. The highest BCUT2D eigenvalue weighted by atomic mass is 32.2. The van der Waals surface area contributed by atoms with E-state index >= 15 is 0 Å². The van der Waals surface area contributed by atoms with Crippen molar-refractivity contribution in [3.63, 3.8) is 0 Å². The molecule has 0 spiro atoms. The second kappa shape index (κ2) is 6.70. The molecule has 0 heterocycles. The van der Waals surface area contributed by atoms with Gasteiger partial charge in [0.2, 0.25) is 10.0 Å². The summed E-state index contributed by atoms with van der Waals surface area (Å²) in [5, 5.41) is 0. The Bertz CT molecular complexity index is 525. The maximum atomic E-state index is 12.4. The monoisotopic (exact) mass is 296 g/mol. The molecule has 0 radical (unpaired) electrons. The Labute approximate surface area is 121 Å². The van der Waals surface area contributed by atoms with E-state index in [4.69, 9.17) is 5.73 Å². The maximum absolute atomic E-state index is 12.4. The van der Waals surface area contributed by atoms with Crippen LogP contribution in [-0.2, 0) is 16.6 Å². The van der Waals surface area contributed by atoms with Crippen LogP contribution in [0.15, 0.2) is 29.2 Å². The SMILES string of the molecule is CC1CCCC(NS(=O)(=O)c2ccc(CN)cc2)CC1. The Morgan fingerprint density at radius 1 is 1.15 bits per heavy atom. The highest BCUT2D eigenvalue weighted by Gasteiger charge is 2.22. The third kappa shape index (κ3) is 4.04. The molecule has 1 aromatic rings. The van der Waals surface area contributed by atoms with Gasteiger partial charge in [-0.05, 0) is 42.9 Å². The molecule has 112 valence electrons. The van der Waals surface area contributed by atoms with Gasteiger partial charge in [0.1, 0.15) is 0 Å². The van der Waals surface area contributed by atoms with Crippen LogP contribution < -0.4 is 10.5 Å². The summed E-state index contributed by atoms with van der Waals surface area (Å²) in [7, 11) is -3.41. The summed E-state index contributed by atoms with van der Waals surface area (Å²) in [5.41, 5.74) is 6.46. The Kier molecular flexibility index (Phi) is 5.18. The average molecular weight is 296 g/mol. The molecule has 0 aliphatic heterocycles. The lowest BCUT2D eigenvalue weighted by molar-refractivity contribution is 0.484. The first-order chi connectivity index (χ1) is 9.51. The van der Waals surface area contributed by atoms with Crippen molar-refractivity contribution in [3.8, 4) is 0 Å². The van der Waals surface area contributed by atoms with Gasteiger partial charge in [0.25, 0.3) is 0 Å². The molecule has 3 N–H and O–H groups in total. The third-order valence-electron chi connectivity index (χ3n) is 4.05. The molecular weight excluding hydrogens is 272 g/mol. The molecule has 1 aliphatic carbocycles. The van der Waals surface area contributed by atoms with Gasteiger partial charge in [-0.15, -0.1) is 0 Å². The van der Waals surface area contributed by atoms with E-state index in [2.05, 4.69) is 11.6 Å². The lowest BCUT2D eigenvalue weighted by Crippen LogP contribution is -2.34. The number of sulfonamides is 1. The summed E-state index contributed by atoms with van der Waals surface area (Å²) in [4.78, 5) is 0.326. The third-order valence-corrected chi connectivity index (χ3v) is 5.59. The molecule has 2 rings (SSSR count). The molecule has 0 bridgehead atoms. The highest BCUT2D eigenvalue weighted by Crippen LogP contribution is 2.24. The van der Waals surface area contributed by atoms with Crippen molar-refractivity contribution in [2.45, 2.75) is 56.5 Å². The largest absolute Gasteiger partial charge is 0.326 e. The van der Waals surface area contributed by atoms with E-state index in [9.17, 15) is 8.42 Å². The van der Waals surface area contributed by atoms with Crippen LogP contribution in [0, 0.1) is 5.92 Å². The number of benzene rings is 1. The van der Waals surface area contributed by atoms with Gasteiger partial charge in [-0.3, -0.25) is 0 Å². The summed E-state index contributed by atoms with van der Waals surface area (Å²) in [6.07, 6.45) is 5.26. The van der Waals surface area contributed by atoms with Crippen molar-refractivity contribution >= 4 is 10.0 Å².